The van der Waals surface area contributed by atoms with Gasteiger partial charge in [0, 0.05) is 0 Å². The Balaban J connectivity index is 3.49. The molecule has 0 spiro atoms. The highest BCUT2D eigenvalue weighted by Crippen LogP contribution is 2.29. The molecule has 19 heavy (non-hydrogen) atoms. The van der Waals surface area contributed by atoms with Crippen molar-refractivity contribution in [3.63, 3.8) is 0 Å². The summed E-state index contributed by atoms with van der Waals surface area (Å²) in [6.07, 6.45) is 0. The number of hydrogen-bond acceptors (Lipinski definition) is 3. The maximum absolute atomic E-state index is 11.8. The number of carbonyl (C=O) groups excluding carboxylic acids is 1. The van der Waals surface area contributed by atoms with Crippen molar-refractivity contribution in [3.05, 3.63) is 34.4 Å². The Hall–Kier alpha value is -1.84. The summed E-state index contributed by atoms with van der Waals surface area (Å²) >= 11 is 0. The maximum atomic E-state index is 11.8. The van der Waals surface area contributed by atoms with Gasteiger partial charge in [0.05, 0.1) is 17.7 Å². The molecule has 0 aliphatic heterocycles. The van der Waals surface area contributed by atoms with Gasteiger partial charge in [-0.25, -0.2) is 9.59 Å². The van der Waals surface area contributed by atoms with Gasteiger partial charge in [0.1, 0.15) is 0 Å². The number of ether oxygens (including phenoxy) is 1. The molecule has 0 aliphatic rings. The van der Waals surface area contributed by atoms with E-state index in [0.717, 1.165) is 5.56 Å². The molecule has 0 amide bonds. The third-order valence-electron chi connectivity index (χ3n) is 2.98. The van der Waals surface area contributed by atoms with Gasteiger partial charge in [0.2, 0.25) is 0 Å². The van der Waals surface area contributed by atoms with E-state index in [2.05, 4.69) is 0 Å². The van der Waals surface area contributed by atoms with E-state index >= 15 is 0 Å². The molecule has 0 atom stereocenters. The fourth-order valence-corrected chi connectivity index (χ4v) is 2.18. The Kier molecular flexibility index (Phi) is 4.35. The molecule has 104 valence electrons. The first-order valence-electron chi connectivity index (χ1n) is 6.24. The number of aromatic carboxylic acids is 1. The second-order valence-corrected chi connectivity index (χ2v) is 5.44. The zero-order chi connectivity index (χ0) is 14.8. The van der Waals surface area contributed by atoms with Crippen LogP contribution in [0.15, 0.2) is 12.1 Å². The number of carboxylic acids is 1. The third kappa shape index (κ3) is 3.13. The molecule has 0 aliphatic carbocycles. The highest BCUT2D eigenvalue weighted by Gasteiger charge is 2.25. The minimum atomic E-state index is -1.10. The van der Waals surface area contributed by atoms with Crippen molar-refractivity contribution in [1.82, 2.24) is 0 Å². The van der Waals surface area contributed by atoms with Crippen LogP contribution >= 0.6 is 0 Å². The Bertz CT molecular complexity index is 510. The van der Waals surface area contributed by atoms with Gasteiger partial charge in [-0.3, -0.25) is 0 Å². The molecule has 1 N–H and O–H groups in total. The normalized spacial score (nSPS) is 11.2. The van der Waals surface area contributed by atoms with E-state index in [1.807, 2.05) is 20.8 Å². The standard InChI is InChI=1S/C15H20O4/c1-6-19-14(18)10-7-8-11(15(3,4)5)9(2)12(10)13(16)17/h7-8H,6H2,1-5H3,(H,16,17). The SMILES string of the molecule is CCOC(=O)c1ccc(C(C)(C)C)c(C)c1C(=O)O. The number of carbonyl (C=O) groups is 2. The van der Waals surface area contributed by atoms with Gasteiger partial charge < -0.3 is 9.84 Å². The molecule has 0 saturated heterocycles. The van der Waals surface area contributed by atoms with Crippen LogP contribution in [0.5, 0.6) is 0 Å². The maximum Gasteiger partial charge on any atom is 0.339 e. The first kappa shape index (κ1) is 15.2. The Labute approximate surface area is 113 Å². The molecular formula is C15H20O4. The molecule has 0 heterocycles. The highest BCUT2D eigenvalue weighted by molar-refractivity contribution is 6.03. The first-order valence-corrected chi connectivity index (χ1v) is 6.24. The second-order valence-electron chi connectivity index (χ2n) is 5.44. The van der Waals surface area contributed by atoms with Gasteiger partial charge >= 0.3 is 11.9 Å². The third-order valence-corrected chi connectivity index (χ3v) is 2.98. The number of hydrogen-bond donors (Lipinski definition) is 1. The number of benzene rings is 1. The van der Waals surface area contributed by atoms with Gasteiger partial charge in [-0.15, -0.1) is 0 Å². The van der Waals surface area contributed by atoms with Crippen LogP contribution in [0.4, 0.5) is 0 Å². The van der Waals surface area contributed by atoms with E-state index in [1.54, 1.807) is 19.9 Å². The quantitative estimate of drug-likeness (QED) is 0.852. The zero-order valence-electron chi connectivity index (χ0n) is 12.0. The molecule has 0 unspecified atom stereocenters. The smallest absolute Gasteiger partial charge is 0.339 e. The van der Waals surface area contributed by atoms with Crippen molar-refractivity contribution in [1.29, 1.82) is 0 Å². The highest BCUT2D eigenvalue weighted by atomic mass is 16.5. The summed E-state index contributed by atoms with van der Waals surface area (Å²) in [5.74, 6) is -1.70. The number of esters is 1. The fraction of sp³-hybridized carbons (Fsp3) is 0.467. The van der Waals surface area contributed by atoms with Crippen molar-refractivity contribution < 1.29 is 19.4 Å². The van der Waals surface area contributed by atoms with E-state index < -0.39 is 11.9 Å². The van der Waals surface area contributed by atoms with Crippen molar-refractivity contribution in [2.75, 3.05) is 6.61 Å². The molecular weight excluding hydrogens is 244 g/mol. The second kappa shape index (κ2) is 5.43. The first-order chi connectivity index (χ1) is 8.70. The summed E-state index contributed by atoms with van der Waals surface area (Å²) < 4.78 is 4.90. The molecule has 4 nitrogen and oxygen atoms in total. The van der Waals surface area contributed by atoms with E-state index in [4.69, 9.17) is 4.74 Å². The average Bonchev–Trinajstić information content (AvgIpc) is 2.26. The molecule has 0 radical (unpaired) electrons. The summed E-state index contributed by atoms with van der Waals surface area (Å²) in [6, 6.07) is 3.34. The van der Waals surface area contributed by atoms with E-state index in [-0.39, 0.29) is 23.1 Å². The predicted molar refractivity (Wildman–Crippen MR) is 72.8 cm³/mol. The van der Waals surface area contributed by atoms with Crippen LogP contribution in [0.1, 0.15) is 59.5 Å². The van der Waals surface area contributed by atoms with E-state index in [0.29, 0.717) is 5.56 Å². The van der Waals surface area contributed by atoms with Crippen molar-refractivity contribution in [2.45, 2.75) is 40.0 Å². The monoisotopic (exact) mass is 264 g/mol. The van der Waals surface area contributed by atoms with Gasteiger partial charge in [-0.1, -0.05) is 26.8 Å². The van der Waals surface area contributed by atoms with Gasteiger partial charge in [0.25, 0.3) is 0 Å². The molecule has 1 aromatic carbocycles. The average molecular weight is 264 g/mol. The lowest BCUT2D eigenvalue weighted by molar-refractivity contribution is 0.0514. The molecule has 0 aromatic heterocycles. The summed E-state index contributed by atoms with van der Waals surface area (Å²) in [5, 5.41) is 9.35. The summed E-state index contributed by atoms with van der Waals surface area (Å²) in [5.41, 5.74) is 1.50. The summed E-state index contributed by atoms with van der Waals surface area (Å²) in [4.78, 5) is 23.2. The lowest BCUT2D eigenvalue weighted by Gasteiger charge is -2.23. The van der Waals surface area contributed by atoms with Crippen molar-refractivity contribution >= 4 is 11.9 Å². The Morgan fingerprint density at radius 1 is 1.26 bits per heavy atom. The van der Waals surface area contributed by atoms with Crippen LogP contribution in [0.2, 0.25) is 0 Å². The van der Waals surface area contributed by atoms with Gasteiger partial charge in [-0.05, 0) is 36.5 Å². The summed E-state index contributed by atoms with van der Waals surface area (Å²) in [6.45, 7) is 9.65. The minimum absolute atomic E-state index is 0.0332. The predicted octanol–water partition coefficient (Wildman–Crippen LogP) is 3.17. The number of carboxylic acid groups (broad SMARTS) is 1. The van der Waals surface area contributed by atoms with E-state index in [1.165, 1.54) is 6.07 Å². The van der Waals surface area contributed by atoms with Gasteiger partial charge in [0.15, 0.2) is 0 Å². The van der Waals surface area contributed by atoms with Gasteiger partial charge in [-0.2, -0.15) is 0 Å². The lowest BCUT2D eigenvalue weighted by Crippen LogP contribution is -2.19. The van der Waals surface area contributed by atoms with E-state index in [9.17, 15) is 14.7 Å². The molecule has 4 heteroatoms. The lowest BCUT2D eigenvalue weighted by atomic mass is 9.81. The van der Waals surface area contributed by atoms with Crippen LogP contribution in [0.25, 0.3) is 0 Å². The zero-order valence-corrected chi connectivity index (χ0v) is 12.0. The van der Waals surface area contributed by atoms with Crippen LogP contribution < -0.4 is 0 Å². The van der Waals surface area contributed by atoms with Crippen LogP contribution in [0.3, 0.4) is 0 Å². The Morgan fingerprint density at radius 3 is 2.26 bits per heavy atom. The van der Waals surface area contributed by atoms with Crippen LogP contribution in [0, 0.1) is 6.92 Å². The van der Waals surface area contributed by atoms with Crippen molar-refractivity contribution in [2.24, 2.45) is 0 Å². The topological polar surface area (TPSA) is 63.6 Å². The molecule has 0 saturated carbocycles. The molecule has 0 fully saturated rings. The minimum Gasteiger partial charge on any atom is -0.478 e. The largest absolute Gasteiger partial charge is 0.478 e. The molecule has 0 bridgehead atoms. The molecule has 1 rings (SSSR count). The van der Waals surface area contributed by atoms with Crippen LogP contribution in [-0.2, 0) is 10.2 Å². The van der Waals surface area contributed by atoms with Crippen molar-refractivity contribution in [3.8, 4) is 0 Å². The number of rotatable bonds is 3. The fourth-order valence-electron chi connectivity index (χ4n) is 2.18. The van der Waals surface area contributed by atoms with Crippen LogP contribution in [-0.4, -0.2) is 23.7 Å². The molecule has 1 aromatic rings. The summed E-state index contributed by atoms with van der Waals surface area (Å²) in [7, 11) is 0. The Morgan fingerprint density at radius 2 is 1.84 bits per heavy atom.